The van der Waals surface area contributed by atoms with Gasteiger partial charge < -0.3 is 10.1 Å². The van der Waals surface area contributed by atoms with Gasteiger partial charge in [0.2, 0.25) is 0 Å². The molecule has 6 heteroatoms. The van der Waals surface area contributed by atoms with Crippen molar-refractivity contribution in [3.63, 3.8) is 0 Å². The minimum absolute atomic E-state index is 0.176. The van der Waals surface area contributed by atoms with Crippen LogP contribution in [-0.2, 0) is 21.0 Å². The smallest absolute Gasteiger partial charge is 0.323 e. The summed E-state index contributed by atoms with van der Waals surface area (Å²) in [6.07, 6.45) is 3.26. The van der Waals surface area contributed by atoms with Crippen molar-refractivity contribution < 1.29 is 14.4 Å². The summed E-state index contributed by atoms with van der Waals surface area (Å²) in [4.78, 5) is 17.1. The summed E-state index contributed by atoms with van der Waals surface area (Å²) >= 11 is 3.53. The number of thiol groups is 1. The predicted octanol–water partition coefficient (Wildman–Crippen LogP) is 2.58. The molecule has 0 bridgehead atoms. The summed E-state index contributed by atoms with van der Waals surface area (Å²) < 4.78 is 5.04. The molecule has 0 radical (unpaired) electrons. The van der Waals surface area contributed by atoms with Crippen molar-refractivity contribution in [1.82, 2.24) is 10.8 Å². The Morgan fingerprint density at radius 1 is 1.22 bits per heavy atom. The lowest BCUT2D eigenvalue weighted by molar-refractivity contribution is -0.145. The van der Waals surface area contributed by atoms with E-state index in [0.29, 0.717) is 19.8 Å². The average Bonchev–Trinajstić information content (AvgIpc) is 2.60. The van der Waals surface area contributed by atoms with E-state index in [4.69, 9.17) is 9.57 Å². The number of rotatable bonds is 11. The van der Waals surface area contributed by atoms with Crippen molar-refractivity contribution in [2.75, 3.05) is 26.0 Å². The van der Waals surface area contributed by atoms with E-state index in [2.05, 4.69) is 23.4 Å². The zero-order valence-corrected chi connectivity index (χ0v) is 15.3. The minimum atomic E-state index is -0.231. The second-order valence-electron chi connectivity index (χ2n) is 4.67. The highest BCUT2D eigenvalue weighted by Gasteiger charge is 2.17. The van der Waals surface area contributed by atoms with Crippen LogP contribution in [0.4, 0.5) is 0 Å². The van der Waals surface area contributed by atoms with Crippen LogP contribution >= 0.6 is 12.6 Å². The van der Waals surface area contributed by atoms with E-state index in [1.807, 2.05) is 44.2 Å². The number of carbonyl (C=O) groups excluding carboxylic acids is 1. The number of likely N-dealkylation sites (N-methyl/N-ethyl adjacent to an activating group) is 1. The molecule has 0 fully saturated rings. The summed E-state index contributed by atoms with van der Waals surface area (Å²) in [5, 5.41) is 3.14. The molecule has 2 N–H and O–H groups in total. The predicted molar refractivity (Wildman–Crippen MR) is 97.5 cm³/mol. The molecule has 0 aromatic heterocycles. The fraction of sp³-hybridized carbons (Fsp3) is 0.588. The van der Waals surface area contributed by atoms with Gasteiger partial charge in [0, 0.05) is 6.54 Å². The van der Waals surface area contributed by atoms with Crippen molar-refractivity contribution in [2.24, 2.45) is 0 Å². The van der Waals surface area contributed by atoms with Gasteiger partial charge in [-0.3, -0.25) is 9.63 Å². The summed E-state index contributed by atoms with van der Waals surface area (Å²) in [7, 11) is 0. The van der Waals surface area contributed by atoms with E-state index in [-0.39, 0.29) is 12.0 Å². The molecule has 23 heavy (non-hydrogen) atoms. The Morgan fingerprint density at radius 3 is 2.52 bits per heavy atom. The summed E-state index contributed by atoms with van der Waals surface area (Å²) in [6, 6.07) is 9.75. The van der Waals surface area contributed by atoms with Gasteiger partial charge in [0.05, 0.1) is 13.2 Å². The largest absolute Gasteiger partial charge is 0.465 e. The molecule has 0 aliphatic rings. The van der Waals surface area contributed by atoms with E-state index < -0.39 is 0 Å². The third-order valence-electron chi connectivity index (χ3n) is 2.98. The number of ether oxygens (including phenoxy) is 1. The highest BCUT2D eigenvalue weighted by atomic mass is 32.1. The standard InChI is InChI=1S/C16H26N2O3.CH4S/c1-3-17-15(16(19)20-4-2)11-8-12-18-21-13-14-9-6-5-7-10-14;1-2/h5-7,9-10,15,17-18H,3-4,8,11-13H2,1-2H3;2H,1H3/t15-;/m0./s1. The van der Waals surface area contributed by atoms with Gasteiger partial charge >= 0.3 is 5.97 Å². The molecule has 0 aliphatic heterocycles. The molecule has 132 valence electrons. The Kier molecular flexibility index (Phi) is 15.1. The van der Waals surface area contributed by atoms with Crippen LogP contribution in [0.5, 0.6) is 0 Å². The molecule has 0 saturated heterocycles. The minimum Gasteiger partial charge on any atom is -0.465 e. The van der Waals surface area contributed by atoms with E-state index in [1.165, 1.54) is 0 Å². The molecule has 1 atom stereocenters. The first-order valence-electron chi connectivity index (χ1n) is 8.01. The van der Waals surface area contributed by atoms with Crippen molar-refractivity contribution >= 4 is 18.6 Å². The first kappa shape index (κ1) is 21.9. The topological polar surface area (TPSA) is 59.6 Å². The van der Waals surface area contributed by atoms with Crippen molar-refractivity contribution in [2.45, 2.75) is 39.3 Å². The zero-order chi connectivity index (χ0) is 17.3. The van der Waals surface area contributed by atoms with Crippen LogP contribution in [0.3, 0.4) is 0 Å². The van der Waals surface area contributed by atoms with Crippen LogP contribution in [0.1, 0.15) is 32.3 Å². The monoisotopic (exact) mass is 342 g/mol. The second-order valence-corrected chi connectivity index (χ2v) is 4.67. The van der Waals surface area contributed by atoms with Crippen LogP contribution in [0.2, 0.25) is 0 Å². The van der Waals surface area contributed by atoms with E-state index in [9.17, 15) is 4.79 Å². The molecule has 0 unspecified atom stereocenters. The summed E-state index contributed by atoms with van der Waals surface area (Å²) in [5.74, 6) is -0.176. The third kappa shape index (κ3) is 11.1. The number of carbonyl (C=O) groups is 1. The molecule has 0 amide bonds. The van der Waals surface area contributed by atoms with Gasteiger partial charge in [-0.2, -0.15) is 12.6 Å². The Labute approximate surface area is 145 Å². The first-order valence-corrected chi connectivity index (χ1v) is 8.90. The SMILES string of the molecule is CCN[C@@H](CCCNOCc1ccccc1)C(=O)OCC.CS. The number of hydrogen-bond donors (Lipinski definition) is 3. The normalized spacial score (nSPS) is 11.3. The highest BCUT2D eigenvalue weighted by Crippen LogP contribution is 2.01. The quantitative estimate of drug-likeness (QED) is 0.250. The fourth-order valence-electron chi connectivity index (χ4n) is 1.95. The number of esters is 1. The Bertz CT molecular complexity index is 391. The summed E-state index contributed by atoms with van der Waals surface area (Å²) in [6.45, 7) is 6.21. The molecular weight excluding hydrogens is 312 g/mol. The molecule has 1 aromatic rings. The maximum atomic E-state index is 11.7. The van der Waals surface area contributed by atoms with Crippen molar-refractivity contribution in [3.05, 3.63) is 35.9 Å². The maximum absolute atomic E-state index is 11.7. The van der Waals surface area contributed by atoms with E-state index in [0.717, 1.165) is 24.9 Å². The number of hydroxylamine groups is 1. The van der Waals surface area contributed by atoms with Crippen LogP contribution in [-0.4, -0.2) is 38.0 Å². The second kappa shape index (κ2) is 15.8. The molecular formula is C17H30N2O3S. The molecule has 0 heterocycles. The Morgan fingerprint density at radius 2 is 1.91 bits per heavy atom. The lowest BCUT2D eigenvalue weighted by Crippen LogP contribution is -2.38. The molecule has 1 rings (SSSR count). The van der Waals surface area contributed by atoms with Crippen molar-refractivity contribution in [1.29, 1.82) is 0 Å². The van der Waals surface area contributed by atoms with Gasteiger partial charge in [-0.15, -0.1) is 0 Å². The Hall–Kier alpha value is -1.08. The zero-order valence-electron chi connectivity index (χ0n) is 14.4. The fourth-order valence-corrected chi connectivity index (χ4v) is 1.95. The van der Waals surface area contributed by atoms with Crippen molar-refractivity contribution in [3.8, 4) is 0 Å². The lowest BCUT2D eigenvalue weighted by atomic mass is 10.1. The number of hydrogen-bond acceptors (Lipinski definition) is 6. The molecule has 0 spiro atoms. The van der Waals surface area contributed by atoms with E-state index >= 15 is 0 Å². The van der Waals surface area contributed by atoms with Gasteiger partial charge in [0.25, 0.3) is 0 Å². The van der Waals surface area contributed by atoms with Crippen LogP contribution < -0.4 is 10.8 Å². The van der Waals surface area contributed by atoms with Gasteiger partial charge in [-0.1, -0.05) is 37.3 Å². The van der Waals surface area contributed by atoms with Crippen LogP contribution in [0.15, 0.2) is 30.3 Å². The molecule has 1 aromatic carbocycles. The average molecular weight is 343 g/mol. The highest BCUT2D eigenvalue weighted by molar-refractivity contribution is 7.79. The number of nitrogens with one attached hydrogen (secondary N) is 2. The number of benzene rings is 1. The van der Waals surface area contributed by atoms with E-state index in [1.54, 1.807) is 6.26 Å². The Balaban J connectivity index is 0.00000232. The molecule has 0 saturated carbocycles. The van der Waals surface area contributed by atoms with Gasteiger partial charge in [-0.25, -0.2) is 5.48 Å². The van der Waals surface area contributed by atoms with Crippen LogP contribution in [0.25, 0.3) is 0 Å². The summed E-state index contributed by atoms with van der Waals surface area (Å²) in [5.41, 5.74) is 4.05. The third-order valence-corrected chi connectivity index (χ3v) is 2.98. The maximum Gasteiger partial charge on any atom is 0.323 e. The molecule has 5 nitrogen and oxygen atoms in total. The molecule has 0 aliphatic carbocycles. The van der Waals surface area contributed by atoms with Gasteiger partial charge in [0.1, 0.15) is 6.04 Å². The first-order chi connectivity index (χ1) is 11.3. The van der Waals surface area contributed by atoms with Gasteiger partial charge in [-0.05, 0) is 38.1 Å². The lowest BCUT2D eigenvalue weighted by Gasteiger charge is -2.16. The van der Waals surface area contributed by atoms with Gasteiger partial charge in [0.15, 0.2) is 0 Å². The van der Waals surface area contributed by atoms with Crippen LogP contribution in [0, 0.1) is 0 Å².